The van der Waals surface area contributed by atoms with Gasteiger partial charge in [0.1, 0.15) is 5.75 Å². The Labute approximate surface area is 187 Å². The molecule has 0 saturated heterocycles. The molecule has 0 bridgehead atoms. The molecule has 156 valence electrons. The van der Waals surface area contributed by atoms with Crippen molar-refractivity contribution in [2.45, 2.75) is 0 Å². The van der Waals surface area contributed by atoms with E-state index in [1.165, 1.54) is 24.4 Å². The maximum absolute atomic E-state index is 12.2. The van der Waals surface area contributed by atoms with E-state index in [1.807, 2.05) is 0 Å². The highest BCUT2D eigenvalue weighted by Gasteiger charge is 2.14. The monoisotopic (exact) mass is 455 g/mol. The van der Waals surface area contributed by atoms with Gasteiger partial charge in [0.15, 0.2) is 0 Å². The second kappa shape index (κ2) is 10.4. The standard InChI is InChI=1S/C22H15Cl2N3O4/c23-15-8-11-18(19(24)12-15)22(30)31-17-9-6-14(7-10-17)13-25-27-21(29)20(28)26-16-4-2-1-3-5-16/h1-13H,(H,26,28)(H,27,29)/b25-13-. The lowest BCUT2D eigenvalue weighted by molar-refractivity contribution is -0.136. The van der Waals surface area contributed by atoms with Gasteiger partial charge in [-0.05, 0) is 60.2 Å². The minimum absolute atomic E-state index is 0.188. The average molecular weight is 456 g/mol. The fraction of sp³-hybridized carbons (Fsp3) is 0. The van der Waals surface area contributed by atoms with Crippen LogP contribution in [0.25, 0.3) is 0 Å². The second-order valence-corrected chi connectivity index (χ2v) is 6.95. The van der Waals surface area contributed by atoms with Crippen molar-refractivity contribution in [3.63, 3.8) is 0 Å². The van der Waals surface area contributed by atoms with Crippen molar-refractivity contribution in [1.29, 1.82) is 0 Å². The van der Waals surface area contributed by atoms with Gasteiger partial charge in [-0.3, -0.25) is 9.59 Å². The van der Waals surface area contributed by atoms with E-state index in [1.54, 1.807) is 54.6 Å². The number of hydrogen-bond acceptors (Lipinski definition) is 5. The summed E-state index contributed by atoms with van der Waals surface area (Å²) in [7, 11) is 0. The third kappa shape index (κ3) is 6.40. The molecule has 0 radical (unpaired) electrons. The van der Waals surface area contributed by atoms with Crippen molar-refractivity contribution in [1.82, 2.24) is 5.43 Å². The molecule has 0 fully saturated rings. The number of para-hydroxylation sites is 1. The molecule has 0 aliphatic heterocycles. The van der Waals surface area contributed by atoms with Crippen LogP contribution in [0.5, 0.6) is 5.75 Å². The largest absolute Gasteiger partial charge is 0.423 e. The van der Waals surface area contributed by atoms with E-state index in [0.717, 1.165) is 0 Å². The molecule has 0 saturated carbocycles. The number of ether oxygens (including phenoxy) is 1. The zero-order valence-electron chi connectivity index (χ0n) is 15.8. The highest BCUT2D eigenvalue weighted by atomic mass is 35.5. The Kier molecular flexibility index (Phi) is 7.37. The summed E-state index contributed by atoms with van der Waals surface area (Å²) in [6.07, 6.45) is 1.34. The van der Waals surface area contributed by atoms with E-state index >= 15 is 0 Å². The molecular weight excluding hydrogens is 441 g/mol. The van der Waals surface area contributed by atoms with E-state index < -0.39 is 17.8 Å². The molecule has 31 heavy (non-hydrogen) atoms. The molecule has 0 atom stereocenters. The van der Waals surface area contributed by atoms with Crippen LogP contribution >= 0.6 is 23.2 Å². The van der Waals surface area contributed by atoms with E-state index in [0.29, 0.717) is 22.0 Å². The predicted octanol–water partition coefficient (Wildman–Crippen LogP) is 4.30. The van der Waals surface area contributed by atoms with Crippen LogP contribution in [-0.4, -0.2) is 24.0 Å². The molecule has 0 unspecified atom stereocenters. The number of carbonyl (C=O) groups is 3. The number of esters is 1. The lowest BCUT2D eigenvalue weighted by Crippen LogP contribution is -2.32. The van der Waals surface area contributed by atoms with E-state index in [-0.39, 0.29) is 10.6 Å². The van der Waals surface area contributed by atoms with Gasteiger partial charge in [-0.15, -0.1) is 0 Å². The Morgan fingerprint density at radius 3 is 2.26 bits per heavy atom. The first-order valence-electron chi connectivity index (χ1n) is 8.89. The number of hydrazone groups is 1. The molecule has 0 aliphatic carbocycles. The van der Waals surface area contributed by atoms with Gasteiger partial charge in [-0.25, -0.2) is 10.2 Å². The SMILES string of the molecule is O=C(N/N=C\c1ccc(OC(=O)c2ccc(Cl)cc2Cl)cc1)C(=O)Nc1ccccc1. The first-order chi connectivity index (χ1) is 14.9. The number of rotatable bonds is 5. The van der Waals surface area contributed by atoms with Gasteiger partial charge in [0.2, 0.25) is 0 Å². The number of anilines is 1. The Morgan fingerprint density at radius 2 is 1.58 bits per heavy atom. The normalized spacial score (nSPS) is 10.5. The van der Waals surface area contributed by atoms with Crippen LogP contribution in [0, 0.1) is 0 Å². The van der Waals surface area contributed by atoms with Crippen LogP contribution in [0.3, 0.4) is 0 Å². The quantitative estimate of drug-likeness (QED) is 0.197. The van der Waals surface area contributed by atoms with Gasteiger partial charge in [0.25, 0.3) is 0 Å². The molecule has 2 amide bonds. The molecule has 7 nitrogen and oxygen atoms in total. The zero-order chi connectivity index (χ0) is 22.2. The lowest BCUT2D eigenvalue weighted by atomic mass is 10.2. The molecule has 3 aromatic rings. The minimum Gasteiger partial charge on any atom is -0.423 e. The molecule has 9 heteroatoms. The molecule has 0 heterocycles. The molecule has 0 aromatic heterocycles. The maximum Gasteiger partial charge on any atom is 0.345 e. The summed E-state index contributed by atoms with van der Waals surface area (Å²) < 4.78 is 5.27. The minimum atomic E-state index is -0.912. The second-order valence-electron chi connectivity index (χ2n) is 6.10. The fourth-order valence-corrected chi connectivity index (χ4v) is 2.85. The smallest absolute Gasteiger partial charge is 0.345 e. The summed E-state index contributed by atoms with van der Waals surface area (Å²) in [6.45, 7) is 0. The Bertz CT molecular complexity index is 1130. The maximum atomic E-state index is 12.2. The summed E-state index contributed by atoms with van der Waals surface area (Å²) in [4.78, 5) is 35.8. The predicted molar refractivity (Wildman–Crippen MR) is 119 cm³/mol. The molecule has 0 aliphatic rings. The number of carbonyl (C=O) groups excluding carboxylic acids is 3. The van der Waals surface area contributed by atoms with Gasteiger partial charge in [-0.2, -0.15) is 5.10 Å². The van der Waals surface area contributed by atoms with Crippen molar-refractivity contribution in [3.8, 4) is 5.75 Å². The number of halogens is 2. The third-order valence-electron chi connectivity index (χ3n) is 3.86. The van der Waals surface area contributed by atoms with Crippen LogP contribution in [0.2, 0.25) is 10.0 Å². The van der Waals surface area contributed by atoms with Gasteiger partial charge in [-0.1, -0.05) is 41.4 Å². The molecular formula is C22H15Cl2N3O4. The van der Waals surface area contributed by atoms with E-state index in [4.69, 9.17) is 27.9 Å². The number of amides is 2. The molecule has 3 aromatic carbocycles. The average Bonchev–Trinajstić information content (AvgIpc) is 2.75. The Morgan fingerprint density at radius 1 is 0.871 bits per heavy atom. The first kappa shape index (κ1) is 22.0. The highest BCUT2D eigenvalue weighted by molar-refractivity contribution is 6.39. The topological polar surface area (TPSA) is 96.9 Å². The van der Waals surface area contributed by atoms with Crippen molar-refractivity contribution >= 4 is 52.9 Å². The van der Waals surface area contributed by atoms with Crippen LogP contribution < -0.4 is 15.5 Å². The number of nitrogens with zero attached hydrogens (tertiary/aromatic N) is 1. The van der Waals surface area contributed by atoms with Crippen molar-refractivity contribution in [3.05, 3.63) is 94.0 Å². The van der Waals surface area contributed by atoms with Crippen LogP contribution in [0.1, 0.15) is 15.9 Å². The lowest BCUT2D eigenvalue weighted by Gasteiger charge is -2.06. The number of benzene rings is 3. The molecule has 0 spiro atoms. The van der Waals surface area contributed by atoms with Gasteiger partial charge in [0.05, 0.1) is 16.8 Å². The summed E-state index contributed by atoms with van der Waals surface area (Å²) in [5.41, 5.74) is 3.43. The van der Waals surface area contributed by atoms with Crippen LogP contribution in [0.4, 0.5) is 5.69 Å². The van der Waals surface area contributed by atoms with Crippen LogP contribution in [0.15, 0.2) is 77.9 Å². The molecule has 2 N–H and O–H groups in total. The van der Waals surface area contributed by atoms with E-state index in [9.17, 15) is 14.4 Å². The number of hydrogen-bond donors (Lipinski definition) is 2. The van der Waals surface area contributed by atoms with Crippen molar-refractivity contribution in [2.75, 3.05) is 5.32 Å². The third-order valence-corrected chi connectivity index (χ3v) is 4.41. The van der Waals surface area contributed by atoms with Crippen molar-refractivity contribution < 1.29 is 19.1 Å². The number of nitrogens with one attached hydrogen (secondary N) is 2. The summed E-state index contributed by atoms with van der Waals surface area (Å²) in [6, 6.07) is 19.4. The van der Waals surface area contributed by atoms with Crippen molar-refractivity contribution in [2.24, 2.45) is 5.10 Å². The summed E-state index contributed by atoms with van der Waals surface area (Å²) in [5.74, 6) is -2.09. The zero-order valence-corrected chi connectivity index (χ0v) is 17.4. The highest BCUT2D eigenvalue weighted by Crippen LogP contribution is 2.23. The summed E-state index contributed by atoms with van der Waals surface area (Å²) in [5, 5.41) is 6.79. The summed E-state index contributed by atoms with van der Waals surface area (Å²) >= 11 is 11.8. The Hall–Kier alpha value is -3.68. The van der Waals surface area contributed by atoms with Gasteiger partial charge in [0, 0.05) is 10.7 Å². The van der Waals surface area contributed by atoms with E-state index in [2.05, 4.69) is 15.8 Å². The Balaban J connectivity index is 1.52. The fourth-order valence-electron chi connectivity index (χ4n) is 2.36. The molecule has 3 rings (SSSR count). The first-order valence-corrected chi connectivity index (χ1v) is 9.65. The van der Waals surface area contributed by atoms with Gasteiger partial charge >= 0.3 is 17.8 Å². The van der Waals surface area contributed by atoms with Gasteiger partial charge < -0.3 is 10.1 Å². The van der Waals surface area contributed by atoms with Crippen LogP contribution in [-0.2, 0) is 9.59 Å².